The van der Waals surface area contributed by atoms with E-state index in [1.165, 1.54) is 24.9 Å². The highest BCUT2D eigenvalue weighted by Gasteiger charge is 2.31. The molecule has 1 amide bonds. The Bertz CT molecular complexity index is 981. The minimum absolute atomic E-state index is 0.0664. The molecule has 6 nitrogen and oxygen atoms in total. The third kappa shape index (κ3) is 7.49. The highest BCUT2D eigenvalue weighted by atomic mass is 16.6. The minimum atomic E-state index is -1.07. The number of nitrogens with zero attached hydrogens (tertiary/aromatic N) is 1. The van der Waals surface area contributed by atoms with Crippen molar-refractivity contribution < 1.29 is 19.1 Å². The zero-order valence-corrected chi connectivity index (χ0v) is 22.3. The van der Waals surface area contributed by atoms with Crippen molar-refractivity contribution in [2.45, 2.75) is 84.3 Å². The Labute approximate surface area is 216 Å². The molecule has 196 valence electrons. The Morgan fingerprint density at radius 1 is 1.00 bits per heavy atom. The summed E-state index contributed by atoms with van der Waals surface area (Å²) < 4.78 is 10.9. The van der Waals surface area contributed by atoms with Gasteiger partial charge in [-0.05, 0) is 75.8 Å². The normalized spacial score (nSPS) is 14.7. The third-order valence-corrected chi connectivity index (χ3v) is 6.70. The number of esters is 1. The van der Waals surface area contributed by atoms with E-state index in [0.29, 0.717) is 18.9 Å². The molecule has 1 atom stereocenters. The van der Waals surface area contributed by atoms with Gasteiger partial charge in [0.25, 0.3) is 0 Å². The summed E-state index contributed by atoms with van der Waals surface area (Å²) in [5.41, 5.74) is 2.25. The fraction of sp³-hybridized carbons (Fsp3) is 0.533. The third-order valence-electron chi connectivity index (χ3n) is 6.70. The lowest BCUT2D eigenvalue weighted by Gasteiger charge is -2.32. The molecule has 0 aromatic heterocycles. The van der Waals surface area contributed by atoms with Crippen LogP contribution in [0.4, 0.5) is 5.69 Å². The topological polar surface area (TPSA) is 67.9 Å². The molecule has 1 saturated heterocycles. The highest BCUT2D eigenvalue weighted by Crippen LogP contribution is 2.33. The molecule has 0 bridgehead atoms. The van der Waals surface area contributed by atoms with E-state index in [9.17, 15) is 9.59 Å². The van der Waals surface area contributed by atoms with Crippen LogP contribution >= 0.6 is 0 Å². The van der Waals surface area contributed by atoms with Gasteiger partial charge in [-0.3, -0.25) is 4.79 Å². The average Bonchev–Trinajstić information content (AvgIpc) is 2.89. The summed E-state index contributed by atoms with van der Waals surface area (Å²) in [6, 6.07) is 15.9. The van der Waals surface area contributed by atoms with E-state index >= 15 is 0 Å². The largest absolute Gasteiger partial charge is 0.476 e. The predicted octanol–water partition coefficient (Wildman–Crippen LogP) is 5.99. The molecule has 0 saturated carbocycles. The van der Waals surface area contributed by atoms with Gasteiger partial charge in [0.05, 0.1) is 12.5 Å². The number of amides is 1. The van der Waals surface area contributed by atoms with Crippen LogP contribution in [0.3, 0.4) is 0 Å². The zero-order valence-electron chi connectivity index (χ0n) is 22.3. The average molecular weight is 495 g/mol. The number of unbranched alkanes of at least 4 members (excludes halogenated alkanes) is 1. The summed E-state index contributed by atoms with van der Waals surface area (Å²) in [7, 11) is 0. The second-order valence-electron chi connectivity index (χ2n) is 10.00. The first-order valence-corrected chi connectivity index (χ1v) is 13.4. The van der Waals surface area contributed by atoms with Gasteiger partial charge in [-0.1, -0.05) is 50.1 Å². The van der Waals surface area contributed by atoms with Crippen LogP contribution in [-0.4, -0.2) is 37.2 Å². The van der Waals surface area contributed by atoms with Gasteiger partial charge in [0.1, 0.15) is 5.75 Å². The van der Waals surface area contributed by atoms with Crippen LogP contribution in [0.15, 0.2) is 48.5 Å². The second kappa shape index (κ2) is 13.3. The molecular weight excluding hydrogens is 452 g/mol. The van der Waals surface area contributed by atoms with Crippen LogP contribution in [0.25, 0.3) is 0 Å². The van der Waals surface area contributed by atoms with E-state index in [4.69, 9.17) is 9.47 Å². The van der Waals surface area contributed by atoms with Crippen LogP contribution in [0.5, 0.6) is 5.75 Å². The van der Waals surface area contributed by atoms with Gasteiger partial charge in [0.2, 0.25) is 5.91 Å². The standard InChI is InChI=1S/C30H42N2O4/c1-5-7-13-26(25-14-9-10-15-27(25)32-20-11-8-12-21-32)28(33)31-22-23-16-18-24(19-17-23)36-30(3,4)29(34)35-6-2/h9-10,14-19,26H,5-8,11-13,20-22H2,1-4H3,(H,31,33). The Morgan fingerprint density at radius 2 is 1.69 bits per heavy atom. The number of hydrogen-bond donors (Lipinski definition) is 1. The van der Waals surface area contributed by atoms with E-state index in [1.54, 1.807) is 20.8 Å². The molecule has 2 aromatic carbocycles. The molecule has 3 rings (SSSR count). The SMILES string of the molecule is CCCCC(C(=O)NCc1ccc(OC(C)(C)C(=O)OCC)cc1)c1ccccc1N1CCCCC1. The number of nitrogens with one attached hydrogen (secondary N) is 1. The molecule has 0 radical (unpaired) electrons. The number of piperidine rings is 1. The fourth-order valence-electron chi connectivity index (χ4n) is 4.67. The van der Waals surface area contributed by atoms with E-state index < -0.39 is 11.6 Å². The van der Waals surface area contributed by atoms with Crippen molar-refractivity contribution in [2.24, 2.45) is 0 Å². The number of benzene rings is 2. The molecule has 2 aromatic rings. The monoisotopic (exact) mass is 494 g/mol. The van der Waals surface area contributed by atoms with Gasteiger partial charge in [0, 0.05) is 25.3 Å². The minimum Gasteiger partial charge on any atom is -0.476 e. The Hall–Kier alpha value is -3.02. The van der Waals surface area contributed by atoms with Crippen LogP contribution in [0.2, 0.25) is 0 Å². The number of carbonyl (C=O) groups excluding carboxylic acids is 2. The number of hydrogen-bond acceptors (Lipinski definition) is 5. The molecule has 1 heterocycles. The van der Waals surface area contributed by atoms with Gasteiger partial charge in [-0.2, -0.15) is 0 Å². The maximum Gasteiger partial charge on any atom is 0.349 e. The number of para-hydroxylation sites is 1. The van der Waals surface area contributed by atoms with Gasteiger partial charge in [-0.25, -0.2) is 4.79 Å². The summed E-state index contributed by atoms with van der Waals surface area (Å²) >= 11 is 0. The summed E-state index contributed by atoms with van der Waals surface area (Å²) in [4.78, 5) is 28.0. The predicted molar refractivity (Wildman–Crippen MR) is 144 cm³/mol. The first kappa shape index (κ1) is 27.6. The number of ether oxygens (including phenoxy) is 2. The number of rotatable bonds is 12. The lowest BCUT2D eigenvalue weighted by atomic mass is 9.90. The molecule has 36 heavy (non-hydrogen) atoms. The maximum absolute atomic E-state index is 13.4. The quantitative estimate of drug-likeness (QED) is 0.367. The van der Waals surface area contributed by atoms with E-state index in [2.05, 4.69) is 35.3 Å². The molecule has 1 unspecified atom stereocenters. The Balaban J connectivity index is 1.67. The van der Waals surface area contributed by atoms with Crippen LogP contribution < -0.4 is 15.0 Å². The molecule has 0 spiro atoms. The van der Waals surface area contributed by atoms with E-state index in [0.717, 1.165) is 43.5 Å². The highest BCUT2D eigenvalue weighted by molar-refractivity contribution is 5.85. The van der Waals surface area contributed by atoms with Crippen molar-refractivity contribution >= 4 is 17.6 Å². The summed E-state index contributed by atoms with van der Waals surface area (Å²) in [5.74, 6) is 0.0800. The van der Waals surface area contributed by atoms with Gasteiger partial charge in [0.15, 0.2) is 5.60 Å². The lowest BCUT2D eigenvalue weighted by molar-refractivity contribution is -0.158. The van der Waals surface area contributed by atoms with E-state index in [1.807, 2.05) is 30.3 Å². The van der Waals surface area contributed by atoms with Crippen molar-refractivity contribution in [3.63, 3.8) is 0 Å². The molecular formula is C30H42N2O4. The molecule has 0 aliphatic carbocycles. The smallest absolute Gasteiger partial charge is 0.349 e. The zero-order chi connectivity index (χ0) is 26.0. The van der Waals surface area contributed by atoms with Gasteiger partial charge >= 0.3 is 5.97 Å². The number of carbonyl (C=O) groups is 2. The van der Waals surface area contributed by atoms with Gasteiger partial charge < -0.3 is 19.7 Å². The second-order valence-corrected chi connectivity index (χ2v) is 10.00. The van der Waals surface area contributed by atoms with Crippen LogP contribution in [0, 0.1) is 0 Å². The van der Waals surface area contributed by atoms with Crippen molar-refractivity contribution in [3.8, 4) is 5.75 Å². The van der Waals surface area contributed by atoms with Crippen molar-refractivity contribution in [1.82, 2.24) is 5.32 Å². The molecule has 1 aliphatic heterocycles. The summed E-state index contributed by atoms with van der Waals surface area (Å²) in [5, 5.41) is 3.17. The summed E-state index contributed by atoms with van der Waals surface area (Å²) in [6.45, 7) is 10.2. The summed E-state index contributed by atoms with van der Waals surface area (Å²) in [6.07, 6.45) is 6.59. The fourth-order valence-corrected chi connectivity index (χ4v) is 4.67. The Kier molecular flexibility index (Phi) is 10.2. The molecule has 6 heteroatoms. The lowest BCUT2D eigenvalue weighted by Crippen LogP contribution is -2.39. The van der Waals surface area contributed by atoms with E-state index in [-0.39, 0.29) is 11.8 Å². The van der Waals surface area contributed by atoms with Crippen LogP contribution in [0.1, 0.15) is 83.3 Å². The molecule has 1 N–H and O–H groups in total. The molecule has 1 fully saturated rings. The first-order chi connectivity index (χ1) is 17.4. The van der Waals surface area contributed by atoms with Crippen molar-refractivity contribution in [1.29, 1.82) is 0 Å². The number of anilines is 1. The Morgan fingerprint density at radius 3 is 2.36 bits per heavy atom. The maximum atomic E-state index is 13.4. The van der Waals surface area contributed by atoms with Crippen LogP contribution in [-0.2, 0) is 20.9 Å². The van der Waals surface area contributed by atoms with Crippen molar-refractivity contribution in [3.05, 3.63) is 59.7 Å². The first-order valence-electron chi connectivity index (χ1n) is 13.4. The molecule has 1 aliphatic rings. The van der Waals surface area contributed by atoms with Crippen molar-refractivity contribution in [2.75, 3.05) is 24.6 Å². The van der Waals surface area contributed by atoms with Gasteiger partial charge in [-0.15, -0.1) is 0 Å².